The van der Waals surface area contributed by atoms with Crippen LogP contribution in [-0.2, 0) is 4.74 Å². The molecule has 3 rings (SSSR count). The molecule has 1 fully saturated rings. The van der Waals surface area contributed by atoms with E-state index in [-0.39, 0.29) is 18.1 Å². The second-order valence-electron chi connectivity index (χ2n) is 6.25. The van der Waals surface area contributed by atoms with E-state index < -0.39 is 0 Å². The number of nitrogens with zero attached hydrogens (tertiary/aromatic N) is 1. The molecule has 3 unspecified atom stereocenters. The lowest BCUT2D eigenvalue weighted by Crippen LogP contribution is -2.55. The Balaban J connectivity index is 1.70. The van der Waals surface area contributed by atoms with Gasteiger partial charge in [0.05, 0.1) is 6.10 Å². The van der Waals surface area contributed by atoms with Crippen LogP contribution in [0.1, 0.15) is 29.6 Å². The first-order valence-electron chi connectivity index (χ1n) is 8.15. The molecule has 1 amide bonds. The maximum atomic E-state index is 12.6. The largest absolute Gasteiger partial charge is 0.381 e. The Morgan fingerprint density at radius 3 is 2.57 bits per heavy atom. The van der Waals surface area contributed by atoms with Crippen LogP contribution in [0, 0.1) is 0 Å². The summed E-state index contributed by atoms with van der Waals surface area (Å²) in [7, 11) is 1.76. The van der Waals surface area contributed by atoms with Crippen molar-refractivity contribution in [1.82, 2.24) is 10.2 Å². The van der Waals surface area contributed by atoms with E-state index in [0.29, 0.717) is 11.6 Å². The molecule has 1 saturated carbocycles. The monoisotopic (exact) mass is 378 g/mol. The molecule has 0 bridgehead atoms. The summed E-state index contributed by atoms with van der Waals surface area (Å²) in [6.07, 6.45) is 7.64. The lowest BCUT2D eigenvalue weighted by atomic mass is 9.87. The van der Waals surface area contributed by atoms with E-state index in [0.717, 1.165) is 36.8 Å². The van der Waals surface area contributed by atoms with E-state index in [1.807, 2.05) is 24.3 Å². The van der Waals surface area contributed by atoms with Crippen molar-refractivity contribution in [2.75, 3.05) is 20.2 Å². The molecule has 1 heterocycles. The van der Waals surface area contributed by atoms with E-state index in [4.69, 9.17) is 4.74 Å². The summed E-state index contributed by atoms with van der Waals surface area (Å²) in [6, 6.07) is 8.01. The van der Waals surface area contributed by atoms with Gasteiger partial charge in [-0.2, -0.15) is 0 Å². The predicted octanol–water partition coefficient (Wildman–Crippen LogP) is 2.99. The fourth-order valence-corrected chi connectivity index (χ4v) is 3.80. The molecule has 0 spiro atoms. The van der Waals surface area contributed by atoms with Gasteiger partial charge >= 0.3 is 0 Å². The minimum atomic E-state index is -0.00332. The summed E-state index contributed by atoms with van der Waals surface area (Å²) in [5.74, 6) is -0.00332. The zero-order chi connectivity index (χ0) is 16.2. The van der Waals surface area contributed by atoms with Gasteiger partial charge in [0.1, 0.15) is 0 Å². The third-order valence-electron chi connectivity index (χ3n) is 4.84. The topological polar surface area (TPSA) is 41.6 Å². The Labute approximate surface area is 146 Å². The smallest absolute Gasteiger partial charge is 0.251 e. The highest BCUT2D eigenvalue weighted by atomic mass is 79.9. The number of halogens is 1. The van der Waals surface area contributed by atoms with E-state index in [2.05, 4.69) is 38.3 Å². The summed E-state index contributed by atoms with van der Waals surface area (Å²) in [5, 5.41) is 3.24. The van der Waals surface area contributed by atoms with E-state index in [9.17, 15) is 4.79 Å². The highest BCUT2D eigenvalue weighted by Crippen LogP contribution is 2.27. The number of methoxy groups -OCH3 is 1. The number of hydrogen-bond donors (Lipinski definition) is 1. The van der Waals surface area contributed by atoms with Crippen molar-refractivity contribution < 1.29 is 9.53 Å². The molecule has 3 atom stereocenters. The number of rotatable bonds is 4. The SMILES string of the molecule is COC1CCC(N2CC=CC2)C(NC(=O)c2ccc(Br)cc2)C1. The maximum Gasteiger partial charge on any atom is 0.251 e. The third kappa shape index (κ3) is 4.03. The van der Waals surface area contributed by atoms with Crippen molar-refractivity contribution in [3.05, 3.63) is 46.5 Å². The van der Waals surface area contributed by atoms with Crippen molar-refractivity contribution in [3.63, 3.8) is 0 Å². The molecule has 1 N–H and O–H groups in total. The number of hydrogen-bond acceptors (Lipinski definition) is 3. The number of nitrogens with one attached hydrogen (secondary N) is 1. The highest BCUT2D eigenvalue weighted by Gasteiger charge is 2.35. The van der Waals surface area contributed by atoms with Gasteiger partial charge in [0.15, 0.2) is 0 Å². The Hall–Kier alpha value is -1.17. The first-order valence-corrected chi connectivity index (χ1v) is 8.95. The van der Waals surface area contributed by atoms with Gasteiger partial charge in [0.2, 0.25) is 0 Å². The first-order chi connectivity index (χ1) is 11.2. The fraction of sp³-hybridized carbons (Fsp3) is 0.500. The van der Waals surface area contributed by atoms with Gasteiger partial charge in [-0.25, -0.2) is 0 Å². The van der Waals surface area contributed by atoms with E-state index in [1.165, 1.54) is 0 Å². The van der Waals surface area contributed by atoms with E-state index in [1.54, 1.807) is 7.11 Å². The van der Waals surface area contributed by atoms with E-state index >= 15 is 0 Å². The summed E-state index contributed by atoms with van der Waals surface area (Å²) in [6.45, 7) is 1.96. The second-order valence-corrected chi connectivity index (χ2v) is 7.17. The highest BCUT2D eigenvalue weighted by molar-refractivity contribution is 9.10. The molecule has 0 aromatic heterocycles. The summed E-state index contributed by atoms with van der Waals surface area (Å²) < 4.78 is 6.52. The summed E-state index contributed by atoms with van der Waals surface area (Å²) in [4.78, 5) is 15.0. The molecule has 1 aromatic rings. The maximum absolute atomic E-state index is 12.6. The lowest BCUT2D eigenvalue weighted by molar-refractivity contribution is 0.0255. The van der Waals surface area contributed by atoms with Crippen LogP contribution in [0.15, 0.2) is 40.9 Å². The number of benzene rings is 1. The van der Waals surface area contributed by atoms with Gasteiger partial charge in [0.25, 0.3) is 5.91 Å². The number of ether oxygens (including phenoxy) is 1. The number of amides is 1. The summed E-state index contributed by atoms with van der Waals surface area (Å²) in [5.41, 5.74) is 0.700. The minimum Gasteiger partial charge on any atom is -0.381 e. The molecule has 5 heteroatoms. The molecule has 2 aliphatic rings. The molecule has 1 aliphatic heterocycles. The summed E-state index contributed by atoms with van der Waals surface area (Å²) >= 11 is 3.40. The molecule has 124 valence electrons. The molecule has 4 nitrogen and oxygen atoms in total. The average Bonchev–Trinajstić information content (AvgIpc) is 3.09. The first kappa shape index (κ1) is 16.7. The van der Waals surface area contributed by atoms with Crippen molar-refractivity contribution in [2.24, 2.45) is 0 Å². The molecular weight excluding hydrogens is 356 g/mol. The quantitative estimate of drug-likeness (QED) is 0.818. The molecule has 23 heavy (non-hydrogen) atoms. The number of carbonyl (C=O) groups excluding carboxylic acids is 1. The van der Waals surface area contributed by atoms with Gasteiger partial charge in [-0.15, -0.1) is 0 Å². The van der Waals surface area contributed by atoms with Gasteiger partial charge in [-0.3, -0.25) is 9.69 Å². The van der Waals surface area contributed by atoms with Crippen molar-refractivity contribution in [3.8, 4) is 0 Å². The van der Waals surface area contributed by atoms with Crippen LogP contribution in [0.25, 0.3) is 0 Å². The molecule has 1 aromatic carbocycles. The Kier molecular flexibility index (Phi) is 5.51. The van der Waals surface area contributed by atoms with Crippen molar-refractivity contribution in [2.45, 2.75) is 37.5 Å². The third-order valence-corrected chi connectivity index (χ3v) is 5.37. The zero-order valence-electron chi connectivity index (χ0n) is 13.4. The second kappa shape index (κ2) is 7.60. The standard InChI is InChI=1S/C18H23BrN2O2/c1-23-15-8-9-17(21-10-2-3-11-21)16(12-15)20-18(22)13-4-6-14(19)7-5-13/h2-7,15-17H,8-12H2,1H3,(H,20,22). The van der Waals surface area contributed by atoms with Crippen LogP contribution in [0.3, 0.4) is 0 Å². The zero-order valence-corrected chi connectivity index (χ0v) is 15.0. The van der Waals surface area contributed by atoms with Gasteiger partial charge < -0.3 is 10.1 Å². The van der Waals surface area contributed by atoms with Crippen molar-refractivity contribution in [1.29, 1.82) is 0 Å². The van der Waals surface area contributed by atoms with Crippen molar-refractivity contribution >= 4 is 21.8 Å². The Morgan fingerprint density at radius 2 is 1.91 bits per heavy atom. The van der Waals surface area contributed by atoms with Gasteiger partial charge in [-0.05, 0) is 43.5 Å². The van der Waals surface area contributed by atoms with Crippen LogP contribution in [0.5, 0.6) is 0 Å². The van der Waals surface area contributed by atoms with Crippen LogP contribution >= 0.6 is 15.9 Å². The normalized spacial score (nSPS) is 28.0. The predicted molar refractivity (Wildman–Crippen MR) is 94.5 cm³/mol. The van der Waals surface area contributed by atoms with Crippen LogP contribution in [0.4, 0.5) is 0 Å². The number of carbonyl (C=O) groups is 1. The fourth-order valence-electron chi connectivity index (χ4n) is 3.54. The molecule has 0 saturated heterocycles. The Morgan fingerprint density at radius 1 is 1.22 bits per heavy atom. The van der Waals surface area contributed by atoms with Crippen LogP contribution < -0.4 is 5.32 Å². The molecule has 0 radical (unpaired) electrons. The van der Waals surface area contributed by atoms with Crippen LogP contribution in [-0.4, -0.2) is 49.2 Å². The molecular formula is C18H23BrN2O2. The van der Waals surface area contributed by atoms with Crippen LogP contribution in [0.2, 0.25) is 0 Å². The molecule has 1 aliphatic carbocycles. The minimum absolute atomic E-state index is 0.00332. The average molecular weight is 379 g/mol. The lowest BCUT2D eigenvalue weighted by Gasteiger charge is -2.40. The Bertz CT molecular complexity index is 565. The van der Waals surface area contributed by atoms with Gasteiger partial charge in [0, 0.05) is 42.3 Å². The van der Waals surface area contributed by atoms with Gasteiger partial charge in [-0.1, -0.05) is 28.1 Å².